The number of nitrogen functional groups attached to an aromatic ring is 1. The molecule has 0 unspecified atom stereocenters. The maximum atomic E-state index is 8.56. The fourth-order valence-corrected chi connectivity index (χ4v) is 1.59. The summed E-state index contributed by atoms with van der Waals surface area (Å²) >= 11 is 8.90. The molecule has 0 aliphatic rings. The van der Waals surface area contributed by atoms with E-state index in [1.54, 1.807) is 12.1 Å². The SMILES string of the molecule is N#Cc1c(N)cc(Br)cc1Cl. The van der Waals surface area contributed by atoms with E-state index in [1.165, 1.54) is 0 Å². The third kappa shape index (κ3) is 1.65. The lowest BCUT2D eigenvalue weighted by molar-refractivity contribution is 1.48. The summed E-state index contributed by atoms with van der Waals surface area (Å²) in [4.78, 5) is 0. The van der Waals surface area contributed by atoms with Crippen LogP contribution < -0.4 is 5.73 Å². The second-order valence-corrected chi connectivity index (χ2v) is 3.29. The van der Waals surface area contributed by atoms with Crippen molar-refractivity contribution in [1.82, 2.24) is 0 Å². The Kier molecular flexibility index (Phi) is 2.38. The van der Waals surface area contributed by atoms with Crippen LogP contribution in [-0.4, -0.2) is 0 Å². The molecular formula is C7H4BrClN2. The fraction of sp³-hybridized carbons (Fsp3) is 0. The molecule has 0 radical (unpaired) electrons. The molecule has 0 aliphatic heterocycles. The van der Waals surface area contributed by atoms with Gasteiger partial charge in [0, 0.05) is 4.47 Å². The van der Waals surface area contributed by atoms with Crippen LogP contribution in [0.5, 0.6) is 0 Å². The lowest BCUT2D eigenvalue weighted by Gasteiger charge is -1.99. The number of rotatable bonds is 0. The molecule has 0 fully saturated rings. The molecule has 2 N–H and O–H groups in total. The second kappa shape index (κ2) is 3.12. The first-order valence-corrected chi connectivity index (χ1v) is 3.97. The van der Waals surface area contributed by atoms with Crippen molar-refractivity contribution in [3.05, 3.63) is 27.2 Å². The molecule has 0 aromatic heterocycles. The first kappa shape index (κ1) is 8.38. The van der Waals surface area contributed by atoms with Gasteiger partial charge in [-0.3, -0.25) is 0 Å². The average molecular weight is 231 g/mol. The van der Waals surface area contributed by atoms with Crippen molar-refractivity contribution in [2.75, 3.05) is 5.73 Å². The molecule has 0 saturated heterocycles. The number of nitrogens with zero attached hydrogens (tertiary/aromatic N) is 1. The Labute approximate surface area is 77.7 Å². The van der Waals surface area contributed by atoms with E-state index in [0.717, 1.165) is 4.47 Å². The lowest BCUT2D eigenvalue weighted by Crippen LogP contribution is -1.90. The number of halogens is 2. The summed E-state index contributed by atoms with van der Waals surface area (Å²) in [6, 6.07) is 5.19. The Bertz CT molecular complexity index is 307. The number of nitrogens with two attached hydrogens (primary N) is 1. The molecule has 0 atom stereocenters. The number of benzene rings is 1. The van der Waals surface area contributed by atoms with Gasteiger partial charge in [0.1, 0.15) is 6.07 Å². The molecule has 11 heavy (non-hydrogen) atoms. The van der Waals surface area contributed by atoms with Gasteiger partial charge in [-0.05, 0) is 12.1 Å². The predicted octanol–water partition coefficient (Wildman–Crippen LogP) is 2.56. The molecule has 0 aliphatic carbocycles. The minimum Gasteiger partial charge on any atom is -0.398 e. The van der Waals surface area contributed by atoms with Crippen LogP contribution in [0.25, 0.3) is 0 Å². The summed E-state index contributed by atoms with van der Waals surface area (Å²) in [5.74, 6) is 0. The fourth-order valence-electron chi connectivity index (χ4n) is 0.711. The quantitative estimate of drug-likeness (QED) is 0.698. The minimum atomic E-state index is 0.329. The van der Waals surface area contributed by atoms with Crippen molar-refractivity contribution in [3.8, 4) is 6.07 Å². The predicted molar refractivity (Wildman–Crippen MR) is 48.3 cm³/mol. The van der Waals surface area contributed by atoms with Crippen LogP contribution in [0.15, 0.2) is 16.6 Å². The van der Waals surface area contributed by atoms with E-state index >= 15 is 0 Å². The second-order valence-electron chi connectivity index (χ2n) is 1.96. The minimum absolute atomic E-state index is 0.329. The third-order valence-corrected chi connectivity index (χ3v) is 1.95. The van der Waals surface area contributed by atoms with Crippen LogP contribution in [0.3, 0.4) is 0 Å². The highest BCUT2D eigenvalue weighted by Gasteiger charge is 2.04. The molecule has 0 bridgehead atoms. The van der Waals surface area contributed by atoms with Crippen LogP contribution in [0.2, 0.25) is 5.02 Å². The zero-order valence-corrected chi connectivity index (χ0v) is 7.78. The average Bonchev–Trinajstić information content (AvgIpc) is 1.85. The number of hydrogen-bond acceptors (Lipinski definition) is 2. The van der Waals surface area contributed by atoms with E-state index in [0.29, 0.717) is 16.3 Å². The van der Waals surface area contributed by atoms with Crippen molar-refractivity contribution >= 4 is 33.2 Å². The Morgan fingerprint density at radius 3 is 2.64 bits per heavy atom. The standard InChI is InChI=1S/C7H4BrClN2/c8-4-1-6(9)5(3-10)7(11)2-4/h1-2H,11H2. The van der Waals surface area contributed by atoms with Crippen LogP contribution in [0, 0.1) is 11.3 Å². The van der Waals surface area contributed by atoms with Crippen LogP contribution in [-0.2, 0) is 0 Å². The van der Waals surface area contributed by atoms with Crippen LogP contribution >= 0.6 is 27.5 Å². The molecule has 1 aromatic carbocycles. The molecule has 0 heterocycles. The molecule has 56 valence electrons. The largest absolute Gasteiger partial charge is 0.398 e. The molecule has 1 aromatic rings. The highest BCUT2D eigenvalue weighted by atomic mass is 79.9. The number of hydrogen-bond donors (Lipinski definition) is 1. The van der Waals surface area contributed by atoms with Gasteiger partial charge in [-0.1, -0.05) is 27.5 Å². The van der Waals surface area contributed by atoms with Crippen molar-refractivity contribution in [2.45, 2.75) is 0 Å². The van der Waals surface area contributed by atoms with E-state index in [9.17, 15) is 0 Å². The normalized spacial score (nSPS) is 9.18. The monoisotopic (exact) mass is 230 g/mol. The first-order valence-electron chi connectivity index (χ1n) is 2.79. The van der Waals surface area contributed by atoms with E-state index < -0.39 is 0 Å². The van der Waals surface area contributed by atoms with Gasteiger partial charge in [-0.25, -0.2) is 0 Å². The van der Waals surface area contributed by atoms with Crippen LogP contribution in [0.4, 0.5) is 5.69 Å². The molecule has 0 spiro atoms. The maximum absolute atomic E-state index is 8.56. The Morgan fingerprint density at radius 1 is 1.55 bits per heavy atom. The highest BCUT2D eigenvalue weighted by molar-refractivity contribution is 9.10. The Morgan fingerprint density at radius 2 is 2.18 bits per heavy atom. The van der Waals surface area contributed by atoms with E-state index in [2.05, 4.69) is 15.9 Å². The number of anilines is 1. The lowest BCUT2D eigenvalue weighted by atomic mass is 10.2. The van der Waals surface area contributed by atoms with Crippen molar-refractivity contribution in [2.24, 2.45) is 0 Å². The summed E-state index contributed by atoms with van der Waals surface area (Å²) in [7, 11) is 0. The van der Waals surface area contributed by atoms with E-state index in [-0.39, 0.29) is 0 Å². The van der Waals surface area contributed by atoms with Crippen LogP contribution in [0.1, 0.15) is 5.56 Å². The van der Waals surface area contributed by atoms with Gasteiger partial charge in [0.25, 0.3) is 0 Å². The van der Waals surface area contributed by atoms with Gasteiger partial charge in [0.2, 0.25) is 0 Å². The first-order chi connectivity index (χ1) is 5.15. The molecule has 0 amide bonds. The topological polar surface area (TPSA) is 49.8 Å². The molecular weight excluding hydrogens is 227 g/mol. The molecule has 2 nitrogen and oxygen atoms in total. The third-order valence-electron chi connectivity index (χ3n) is 1.20. The molecule has 4 heteroatoms. The van der Waals surface area contributed by atoms with E-state index in [1.807, 2.05) is 6.07 Å². The Balaban J connectivity index is 3.40. The highest BCUT2D eigenvalue weighted by Crippen LogP contribution is 2.26. The van der Waals surface area contributed by atoms with Crippen molar-refractivity contribution < 1.29 is 0 Å². The van der Waals surface area contributed by atoms with Crippen molar-refractivity contribution in [3.63, 3.8) is 0 Å². The smallest absolute Gasteiger partial charge is 0.103 e. The molecule has 0 saturated carbocycles. The van der Waals surface area contributed by atoms with Crippen molar-refractivity contribution in [1.29, 1.82) is 5.26 Å². The summed E-state index contributed by atoms with van der Waals surface area (Å²) in [5, 5.41) is 8.93. The summed E-state index contributed by atoms with van der Waals surface area (Å²) in [6.45, 7) is 0. The Hall–Kier alpha value is -0.720. The van der Waals surface area contributed by atoms with Gasteiger partial charge in [0.15, 0.2) is 0 Å². The maximum Gasteiger partial charge on any atom is 0.103 e. The summed E-state index contributed by atoms with van der Waals surface area (Å²) in [5.41, 5.74) is 6.22. The number of nitriles is 1. The zero-order valence-electron chi connectivity index (χ0n) is 5.44. The van der Waals surface area contributed by atoms with Gasteiger partial charge >= 0.3 is 0 Å². The summed E-state index contributed by atoms with van der Waals surface area (Å²) in [6.07, 6.45) is 0. The van der Waals surface area contributed by atoms with Gasteiger partial charge in [-0.2, -0.15) is 5.26 Å². The van der Waals surface area contributed by atoms with Gasteiger partial charge < -0.3 is 5.73 Å². The van der Waals surface area contributed by atoms with Gasteiger partial charge in [-0.15, -0.1) is 0 Å². The molecule has 1 rings (SSSR count). The van der Waals surface area contributed by atoms with E-state index in [4.69, 9.17) is 22.6 Å². The zero-order chi connectivity index (χ0) is 8.43. The van der Waals surface area contributed by atoms with Gasteiger partial charge in [0.05, 0.1) is 16.3 Å². The summed E-state index contributed by atoms with van der Waals surface area (Å²) < 4.78 is 0.777.